The molecule has 0 N–H and O–H groups in total. The summed E-state index contributed by atoms with van der Waals surface area (Å²) in [5.41, 5.74) is 1.98. The van der Waals surface area contributed by atoms with Gasteiger partial charge in [-0.3, -0.25) is 14.8 Å². The summed E-state index contributed by atoms with van der Waals surface area (Å²) >= 11 is 1.62. The van der Waals surface area contributed by atoms with Crippen LogP contribution < -0.4 is 0 Å². The van der Waals surface area contributed by atoms with Crippen LogP contribution in [0.3, 0.4) is 0 Å². The van der Waals surface area contributed by atoms with Crippen molar-refractivity contribution in [1.29, 1.82) is 0 Å². The highest BCUT2D eigenvalue weighted by atomic mass is 32.1. The highest BCUT2D eigenvalue weighted by Gasteiger charge is 2.17. The number of aromatic nitrogens is 2. The van der Waals surface area contributed by atoms with Crippen molar-refractivity contribution < 1.29 is 4.79 Å². The number of thiophene rings is 1. The summed E-state index contributed by atoms with van der Waals surface area (Å²) in [6.07, 6.45) is 6.26. The van der Waals surface area contributed by atoms with E-state index < -0.39 is 0 Å². The van der Waals surface area contributed by atoms with Gasteiger partial charge in [0.25, 0.3) is 0 Å². The molecule has 4 nitrogen and oxygen atoms in total. The zero-order chi connectivity index (χ0) is 13.7. The summed E-state index contributed by atoms with van der Waals surface area (Å²) in [6.45, 7) is 2.03. The van der Waals surface area contributed by atoms with E-state index in [1.807, 2.05) is 30.8 Å². The fourth-order valence-electron chi connectivity index (χ4n) is 1.81. The summed E-state index contributed by atoms with van der Waals surface area (Å²) in [5, 5.41) is 4.00. The maximum atomic E-state index is 12.1. The van der Waals surface area contributed by atoms with Crippen LogP contribution in [0.1, 0.15) is 18.2 Å². The molecule has 2 aromatic rings. The van der Waals surface area contributed by atoms with E-state index in [4.69, 9.17) is 0 Å². The molecule has 0 bridgehead atoms. The minimum Gasteiger partial charge on any atom is -0.342 e. The number of carbonyl (C=O) groups excluding carboxylic acids is 1. The van der Waals surface area contributed by atoms with E-state index in [-0.39, 0.29) is 11.9 Å². The van der Waals surface area contributed by atoms with Crippen LogP contribution in [-0.2, 0) is 17.6 Å². The monoisotopic (exact) mass is 275 g/mol. The van der Waals surface area contributed by atoms with Gasteiger partial charge < -0.3 is 4.90 Å². The lowest BCUT2D eigenvalue weighted by molar-refractivity contribution is -0.130. The Morgan fingerprint density at radius 2 is 2.32 bits per heavy atom. The van der Waals surface area contributed by atoms with Gasteiger partial charge in [0, 0.05) is 38.1 Å². The predicted octanol–water partition coefficient (Wildman–Crippen LogP) is 2.17. The number of hydrogen-bond acceptors (Lipinski definition) is 4. The lowest BCUT2D eigenvalue weighted by Crippen LogP contribution is -2.37. The molecule has 1 amide bonds. The first-order valence-electron chi connectivity index (χ1n) is 6.18. The van der Waals surface area contributed by atoms with Crippen molar-refractivity contribution in [3.63, 3.8) is 0 Å². The molecule has 0 unspecified atom stereocenters. The van der Waals surface area contributed by atoms with Gasteiger partial charge in [-0.1, -0.05) is 0 Å². The number of nitrogens with zero attached hydrogens (tertiary/aromatic N) is 3. The molecule has 0 saturated carbocycles. The van der Waals surface area contributed by atoms with E-state index in [2.05, 4.69) is 9.97 Å². The number of rotatable bonds is 5. The number of carbonyl (C=O) groups is 1. The first-order valence-corrected chi connectivity index (χ1v) is 7.12. The molecule has 0 aromatic carbocycles. The van der Waals surface area contributed by atoms with E-state index in [9.17, 15) is 4.79 Å². The standard InChI is InChI=1S/C14H17N3OS/c1-11(7-13-9-15-4-5-16-13)17(2)14(18)8-12-3-6-19-10-12/h3-6,9-11H,7-8H2,1-2H3/t11-/m0/s1. The topological polar surface area (TPSA) is 46.1 Å². The molecule has 5 heteroatoms. The summed E-state index contributed by atoms with van der Waals surface area (Å²) in [7, 11) is 1.84. The second-order valence-electron chi connectivity index (χ2n) is 4.56. The van der Waals surface area contributed by atoms with Crippen molar-refractivity contribution in [3.8, 4) is 0 Å². The Morgan fingerprint density at radius 3 is 2.95 bits per heavy atom. The molecule has 100 valence electrons. The zero-order valence-electron chi connectivity index (χ0n) is 11.1. The van der Waals surface area contributed by atoms with Crippen molar-refractivity contribution in [2.45, 2.75) is 25.8 Å². The maximum Gasteiger partial charge on any atom is 0.227 e. The van der Waals surface area contributed by atoms with Crippen molar-refractivity contribution in [2.75, 3.05) is 7.05 Å². The predicted molar refractivity (Wildman–Crippen MR) is 76.0 cm³/mol. The van der Waals surface area contributed by atoms with Crippen molar-refractivity contribution in [1.82, 2.24) is 14.9 Å². The lowest BCUT2D eigenvalue weighted by atomic mass is 10.1. The largest absolute Gasteiger partial charge is 0.342 e. The first-order chi connectivity index (χ1) is 9.16. The second-order valence-corrected chi connectivity index (χ2v) is 5.34. The van der Waals surface area contributed by atoms with Crippen LogP contribution in [0.25, 0.3) is 0 Å². The van der Waals surface area contributed by atoms with Crippen LogP contribution in [0.15, 0.2) is 35.4 Å². The highest BCUT2D eigenvalue weighted by Crippen LogP contribution is 2.10. The minimum atomic E-state index is 0.114. The molecule has 2 rings (SSSR count). The van der Waals surface area contributed by atoms with Gasteiger partial charge >= 0.3 is 0 Å². The van der Waals surface area contributed by atoms with Crippen molar-refractivity contribution in [3.05, 3.63) is 46.7 Å². The molecule has 0 saturated heterocycles. The van der Waals surface area contributed by atoms with E-state index in [0.717, 1.165) is 17.7 Å². The third-order valence-corrected chi connectivity index (χ3v) is 3.84. The van der Waals surface area contributed by atoms with E-state index in [1.54, 1.807) is 34.8 Å². The van der Waals surface area contributed by atoms with Crippen molar-refractivity contribution in [2.24, 2.45) is 0 Å². The van der Waals surface area contributed by atoms with Crippen LogP contribution >= 0.6 is 11.3 Å². The quantitative estimate of drug-likeness (QED) is 0.840. The number of likely N-dealkylation sites (N-methyl/N-ethyl adjacent to an activating group) is 1. The normalized spacial score (nSPS) is 12.1. The van der Waals surface area contributed by atoms with Gasteiger partial charge in [0.1, 0.15) is 0 Å². The average molecular weight is 275 g/mol. The fourth-order valence-corrected chi connectivity index (χ4v) is 2.48. The first kappa shape index (κ1) is 13.7. The second kappa shape index (κ2) is 6.43. The van der Waals surface area contributed by atoms with Gasteiger partial charge in [-0.2, -0.15) is 11.3 Å². The van der Waals surface area contributed by atoms with Gasteiger partial charge in [-0.15, -0.1) is 0 Å². The summed E-state index contributed by atoms with van der Waals surface area (Å²) in [5.74, 6) is 0.134. The third kappa shape index (κ3) is 3.86. The Bertz CT molecular complexity index is 513. The van der Waals surface area contributed by atoms with Gasteiger partial charge in [0.2, 0.25) is 5.91 Å². The average Bonchev–Trinajstić information content (AvgIpc) is 2.91. The lowest BCUT2D eigenvalue weighted by Gasteiger charge is -2.24. The molecule has 2 aromatic heterocycles. The van der Waals surface area contributed by atoms with Crippen molar-refractivity contribution >= 4 is 17.2 Å². The molecular weight excluding hydrogens is 258 g/mol. The van der Waals surface area contributed by atoms with E-state index >= 15 is 0 Å². The number of amides is 1. The zero-order valence-corrected chi connectivity index (χ0v) is 11.9. The Balaban J connectivity index is 1.91. The molecule has 2 heterocycles. The molecule has 0 aliphatic rings. The van der Waals surface area contributed by atoms with Crippen LogP contribution in [-0.4, -0.2) is 33.9 Å². The molecule has 1 atom stereocenters. The summed E-state index contributed by atoms with van der Waals surface area (Å²) in [6, 6.07) is 2.10. The molecule has 0 aliphatic carbocycles. The Labute approximate surface area is 117 Å². The van der Waals surface area contributed by atoms with Gasteiger partial charge in [0.05, 0.1) is 12.1 Å². The summed E-state index contributed by atoms with van der Waals surface area (Å²) < 4.78 is 0. The SMILES string of the molecule is C[C@@H](Cc1cnccn1)N(C)C(=O)Cc1ccsc1. The Hall–Kier alpha value is -1.75. The highest BCUT2D eigenvalue weighted by molar-refractivity contribution is 7.07. The fraction of sp³-hybridized carbons (Fsp3) is 0.357. The Kier molecular flexibility index (Phi) is 4.63. The van der Waals surface area contributed by atoms with Gasteiger partial charge in [-0.25, -0.2) is 0 Å². The third-order valence-electron chi connectivity index (χ3n) is 3.11. The molecule has 0 radical (unpaired) electrons. The number of hydrogen-bond donors (Lipinski definition) is 0. The molecule has 0 aliphatic heterocycles. The maximum absolute atomic E-state index is 12.1. The van der Waals surface area contributed by atoms with E-state index in [1.165, 1.54) is 0 Å². The van der Waals surface area contributed by atoms with Crippen LogP contribution in [0.2, 0.25) is 0 Å². The van der Waals surface area contributed by atoms with Gasteiger partial charge in [-0.05, 0) is 29.3 Å². The van der Waals surface area contributed by atoms with E-state index in [0.29, 0.717) is 6.42 Å². The minimum absolute atomic E-state index is 0.114. The van der Waals surface area contributed by atoms with Crippen LogP contribution in [0.5, 0.6) is 0 Å². The van der Waals surface area contributed by atoms with Gasteiger partial charge in [0.15, 0.2) is 0 Å². The molecule has 19 heavy (non-hydrogen) atoms. The van der Waals surface area contributed by atoms with Crippen LogP contribution in [0.4, 0.5) is 0 Å². The van der Waals surface area contributed by atoms with Crippen LogP contribution in [0, 0.1) is 0 Å². The molecular formula is C14H17N3OS. The Morgan fingerprint density at radius 1 is 1.47 bits per heavy atom. The molecule has 0 spiro atoms. The summed E-state index contributed by atoms with van der Waals surface area (Å²) in [4.78, 5) is 22.2. The molecule has 0 fully saturated rings. The smallest absolute Gasteiger partial charge is 0.227 e.